The van der Waals surface area contributed by atoms with Crippen LogP contribution in [0.25, 0.3) is 0 Å². The maximum Gasteiger partial charge on any atom is 0.261 e. The summed E-state index contributed by atoms with van der Waals surface area (Å²) in [6.45, 7) is -0.283. The zero-order chi connectivity index (χ0) is 11.1. The van der Waals surface area contributed by atoms with E-state index in [9.17, 15) is 13.9 Å². The van der Waals surface area contributed by atoms with Crippen molar-refractivity contribution in [2.45, 2.75) is 51.1 Å². The zero-order valence-corrected chi connectivity index (χ0v) is 9.00. The van der Waals surface area contributed by atoms with E-state index in [1.807, 2.05) is 0 Å². The molecule has 0 amide bonds. The lowest BCUT2D eigenvalue weighted by molar-refractivity contribution is 0.00259. The molecule has 1 fully saturated rings. The summed E-state index contributed by atoms with van der Waals surface area (Å²) in [6, 6.07) is 0. The molecule has 1 atom stereocenters. The van der Waals surface area contributed by atoms with Crippen LogP contribution in [-0.2, 0) is 4.74 Å². The Balaban J connectivity index is 1.95. The number of halogens is 2. The van der Waals surface area contributed by atoms with Crippen molar-refractivity contribution >= 4 is 0 Å². The summed E-state index contributed by atoms with van der Waals surface area (Å²) in [5.74, 6) is 0.634. The Morgan fingerprint density at radius 1 is 1.27 bits per heavy atom. The van der Waals surface area contributed by atoms with Crippen LogP contribution in [0.4, 0.5) is 8.78 Å². The van der Waals surface area contributed by atoms with E-state index in [4.69, 9.17) is 4.74 Å². The fourth-order valence-electron chi connectivity index (χ4n) is 2.14. The summed E-state index contributed by atoms with van der Waals surface area (Å²) in [5.41, 5.74) is 0. The van der Waals surface area contributed by atoms with Gasteiger partial charge in [0, 0.05) is 6.61 Å². The molecule has 0 aliphatic heterocycles. The van der Waals surface area contributed by atoms with Crippen LogP contribution in [0.1, 0.15) is 38.5 Å². The third-order valence-corrected chi connectivity index (χ3v) is 2.92. The quantitative estimate of drug-likeness (QED) is 0.671. The van der Waals surface area contributed by atoms with Gasteiger partial charge in [-0.1, -0.05) is 25.7 Å². The first kappa shape index (κ1) is 12.8. The molecule has 0 aromatic carbocycles. The SMILES string of the molecule is OC(CCOCC(F)F)CC1CCCC1. The van der Waals surface area contributed by atoms with Gasteiger partial charge in [-0.2, -0.15) is 0 Å². The first-order valence-electron chi connectivity index (χ1n) is 5.72. The Morgan fingerprint density at radius 2 is 1.93 bits per heavy atom. The predicted molar refractivity (Wildman–Crippen MR) is 54.0 cm³/mol. The predicted octanol–water partition coefficient (Wildman–Crippen LogP) is 2.60. The fourth-order valence-corrected chi connectivity index (χ4v) is 2.14. The highest BCUT2D eigenvalue weighted by Gasteiger charge is 2.18. The minimum Gasteiger partial charge on any atom is -0.393 e. The van der Waals surface area contributed by atoms with Crippen LogP contribution in [0.5, 0.6) is 0 Å². The molecule has 1 saturated carbocycles. The third kappa shape index (κ3) is 6.05. The molecule has 0 aromatic rings. The second-order valence-corrected chi connectivity index (χ2v) is 4.29. The van der Waals surface area contributed by atoms with Crippen molar-refractivity contribution in [3.8, 4) is 0 Å². The summed E-state index contributed by atoms with van der Waals surface area (Å²) in [7, 11) is 0. The van der Waals surface area contributed by atoms with Crippen LogP contribution in [-0.4, -0.2) is 30.8 Å². The monoisotopic (exact) mass is 222 g/mol. The molecule has 1 aliphatic carbocycles. The molecule has 0 saturated heterocycles. The lowest BCUT2D eigenvalue weighted by atomic mass is 9.99. The highest BCUT2D eigenvalue weighted by atomic mass is 19.3. The van der Waals surface area contributed by atoms with Crippen molar-refractivity contribution in [1.82, 2.24) is 0 Å². The van der Waals surface area contributed by atoms with E-state index in [0.29, 0.717) is 12.3 Å². The minimum atomic E-state index is -2.41. The van der Waals surface area contributed by atoms with Gasteiger partial charge >= 0.3 is 0 Å². The van der Waals surface area contributed by atoms with Crippen molar-refractivity contribution < 1.29 is 18.6 Å². The normalized spacial score (nSPS) is 20.0. The van der Waals surface area contributed by atoms with E-state index in [0.717, 1.165) is 6.42 Å². The Morgan fingerprint density at radius 3 is 2.53 bits per heavy atom. The van der Waals surface area contributed by atoms with Gasteiger partial charge in [-0.05, 0) is 18.8 Å². The Kier molecular flexibility index (Phi) is 6.10. The maximum atomic E-state index is 11.7. The lowest BCUT2D eigenvalue weighted by Crippen LogP contribution is -2.15. The second kappa shape index (κ2) is 7.12. The summed E-state index contributed by atoms with van der Waals surface area (Å²) in [5, 5.41) is 9.61. The maximum absolute atomic E-state index is 11.7. The van der Waals surface area contributed by atoms with Crippen molar-refractivity contribution in [3.63, 3.8) is 0 Å². The first-order chi connectivity index (χ1) is 7.18. The number of aliphatic hydroxyl groups is 1. The van der Waals surface area contributed by atoms with Gasteiger partial charge in [-0.15, -0.1) is 0 Å². The van der Waals surface area contributed by atoms with Crippen molar-refractivity contribution in [2.75, 3.05) is 13.2 Å². The van der Waals surface area contributed by atoms with Gasteiger partial charge in [-0.25, -0.2) is 8.78 Å². The van der Waals surface area contributed by atoms with E-state index < -0.39 is 13.0 Å². The summed E-state index contributed by atoms with van der Waals surface area (Å²) < 4.78 is 28.1. The van der Waals surface area contributed by atoms with Gasteiger partial charge in [-0.3, -0.25) is 0 Å². The Hall–Kier alpha value is -0.220. The first-order valence-corrected chi connectivity index (χ1v) is 5.72. The molecular weight excluding hydrogens is 202 g/mol. The van der Waals surface area contributed by atoms with Gasteiger partial charge in [0.25, 0.3) is 6.43 Å². The molecule has 0 heterocycles. The van der Waals surface area contributed by atoms with Crippen molar-refractivity contribution in [1.29, 1.82) is 0 Å². The molecule has 0 radical (unpaired) electrons. The number of alkyl halides is 2. The van der Waals surface area contributed by atoms with Crippen LogP contribution in [0.2, 0.25) is 0 Å². The summed E-state index contributed by atoms with van der Waals surface area (Å²) in [4.78, 5) is 0. The molecule has 90 valence electrons. The minimum absolute atomic E-state index is 0.234. The topological polar surface area (TPSA) is 29.5 Å². The van der Waals surface area contributed by atoms with Crippen molar-refractivity contribution in [2.24, 2.45) is 5.92 Å². The molecule has 1 aliphatic rings. The van der Waals surface area contributed by atoms with E-state index in [-0.39, 0.29) is 12.7 Å². The number of aliphatic hydroxyl groups excluding tert-OH is 1. The molecule has 1 N–H and O–H groups in total. The molecule has 15 heavy (non-hydrogen) atoms. The average molecular weight is 222 g/mol. The van der Waals surface area contributed by atoms with Gasteiger partial charge in [0.2, 0.25) is 0 Å². The number of rotatable bonds is 7. The van der Waals surface area contributed by atoms with Crippen LogP contribution < -0.4 is 0 Å². The van der Waals surface area contributed by atoms with E-state index in [2.05, 4.69) is 0 Å². The molecule has 2 nitrogen and oxygen atoms in total. The van der Waals surface area contributed by atoms with Crippen LogP contribution in [0, 0.1) is 5.92 Å². The fraction of sp³-hybridized carbons (Fsp3) is 1.00. The molecular formula is C11H20F2O2. The highest BCUT2D eigenvalue weighted by Crippen LogP contribution is 2.29. The molecule has 1 unspecified atom stereocenters. The summed E-state index contributed by atoms with van der Waals surface area (Å²) >= 11 is 0. The van der Waals surface area contributed by atoms with Crippen LogP contribution in [0.15, 0.2) is 0 Å². The number of hydrogen-bond acceptors (Lipinski definition) is 2. The standard InChI is InChI=1S/C11H20F2O2/c12-11(13)8-15-6-5-10(14)7-9-3-1-2-4-9/h9-11,14H,1-8H2. The molecule has 0 spiro atoms. The van der Waals surface area contributed by atoms with Crippen molar-refractivity contribution in [3.05, 3.63) is 0 Å². The third-order valence-electron chi connectivity index (χ3n) is 2.92. The number of ether oxygens (including phenoxy) is 1. The molecule has 1 rings (SSSR count). The van der Waals surface area contributed by atoms with Crippen LogP contribution >= 0.6 is 0 Å². The molecule has 4 heteroatoms. The summed E-state index contributed by atoms with van der Waals surface area (Å²) in [6.07, 6.45) is 3.42. The smallest absolute Gasteiger partial charge is 0.261 e. The van der Waals surface area contributed by atoms with Gasteiger partial charge in [0.15, 0.2) is 0 Å². The van der Waals surface area contributed by atoms with Gasteiger partial charge < -0.3 is 9.84 Å². The van der Waals surface area contributed by atoms with Gasteiger partial charge in [0.05, 0.1) is 6.10 Å². The average Bonchev–Trinajstić information content (AvgIpc) is 2.64. The largest absolute Gasteiger partial charge is 0.393 e. The molecule has 0 bridgehead atoms. The lowest BCUT2D eigenvalue weighted by Gasteiger charge is -2.15. The van der Waals surface area contributed by atoms with E-state index in [1.54, 1.807) is 0 Å². The Bertz CT molecular complexity index is 159. The second-order valence-electron chi connectivity index (χ2n) is 4.29. The van der Waals surface area contributed by atoms with E-state index in [1.165, 1.54) is 25.7 Å². The number of hydrogen-bond donors (Lipinski definition) is 1. The highest BCUT2D eigenvalue weighted by molar-refractivity contribution is 4.70. The zero-order valence-electron chi connectivity index (χ0n) is 9.00. The van der Waals surface area contributed by atoms with E-state index >= 15 is 0 Å². The molecule has 0 aromatic heterocycles. The Labute approximate surface area is 89.6 Å². The van der Waals surface area contributed by atoms with Gasteiger partial charge in [0.1, 0.15) is 6.61 Å². The van der Waals surface area contributed by atoms with Crippen LogP contribution in [0.3, 0.4) is 0 Å².